The van der Waals surface area contributed by atoms with Crippen LogP contribution in [0.2, 0.25) is 0 Å². The zero-order valence-corrected chi connectivity index (χ0v) is 27.2. The van der Waals surface area contributed by atoms with Crippen LogP contribution in [0, 0.1) is 5.92 Å². The Morgan fingerprint density at radius 2 is 1.30 bits per heavy atom. The van der Waals surface area contributed by atoms with E-state index in [0.29, 0.717) is 18.0 Å². The predicted molar refractivity (Wildman–Crippen MR) is 178 cm³/mol. The maximum atomic E-state index is 12.1. The number of carbonyl (C=O) groups is 1. The van der Waals surface area contributed by atoms with Crippen LogP contribution in [0.3, 0.4) is 0 Å². The molecule has 0 saturated heterocycles. The molecular weight excluding hydrogens is 532 g/mol. The van der Waals surface area contributed by atoms with Crippen molar-refractivity contribution in [3.05, 3.63) is 66.5 Å². The van der Waals surface area contributed by atoms with Crippen molar-refractivity contribution in [1.82, 2.24) is 9.97 Å². The first-order chi connectivity index (χ1) is 21.0. The van der Waals surface area contributed by atoms with E-state index in [1.807, 2.05) is 6.92 Å². The van der Waals surface area contributed by atoms with Gasteiger partial charge in [-0.05, 0) is 48.8 Å². The maximum Gasteiger partial charge on any atom is 0.306 e. The van der Waals surface area contributed by atoms with Crippen LogP contribution in [0.4, 0.5) is 0 Å². The van der Waals surface area contributed by atoms with Crippen LogP contribution in [0.5, 0.6) is 5.75 Å². The summed E-state index contributed by atoms with van der Waals surface area (Å²) >= 11 is 0. The van der Waals surface area contributed by atoms with Gasteiger partial charge in [-0.1, -0.05) is 134 Å². The summed E-state index contributed by atoms with van der Waals surface area (Å²) in [5.41, 5.74) is 4.77. The minimum Gasteiger partial charge on any atom is -0.486 e. The molecule has 5 heteroatoms. The predicted octanol–water partition coefficient (Wildman–Crippen LogP) is 10.4. The topological polar surface area (TPSA) is 61.3 Å². The lowest BCUT2D eigenvalue weighted by atomic mass is 10.00. The molecule has 0 spiro atoms. The van der Waals surface area contributed by atoms with Crippen LogP contribution in [0.25, 0.3) is 22.5 Å². The fourth-order valence-electron chi connectivity index (χ4n) is 5.18. The molecule has 3 aromatic rings. The number of benzene rings is 2. The van der Waals surface area contributed by atoms with Gasteiger partial charge >= 0.3 is 5.97 Å². The third-order valence-electron chi connectivity index (χ3n) is 8.22. The van der Waals surface area contributed by atoms with Crippen LogP contribution in [-0.4, -0.2) is 28.6 Å². The Morgan fingerprint density at radius 1 is 0.721 bits per heavy atom. The van der Waals surface area contributed by atoms with Gasteiger partial charge in [-0.25, -0.2) is 9.97 Å². The van der Waals surface area contributed by atoms with Crippen molar-refractivity contribution >= 4 is 5.97 Å². The van der Waals surface area contributed by atoms with Crippen LogP contribution >= 0.6 is 0 Å². The van der Waals surface area contributed by atoms with Gasteiger partial charge in [0.1, 0.15) is 12.7 Å². The van der Waals surface area contributed by atoms with Gasteiger partial charge in [-0.15, -0.1) is 0 Å². The number of aromatic nitrogens is 2. The third kappa shape index (κ3) is 13.3. The van der Waals surface area contributed by atoms with Crippen molar-refractivity contribution < 1.29 is 14.3 Å². The fourth-order valence-corrected chi connectivity index (χ4v) is 5.18. The number of unbranched alkanes of at least 4 members (excludes halogenated alkanes) is 8. The summed E-state index contributed by atoms with van der Waals surface area (Å²) in [6.45, 7) is 8.90. The molecule has 5 nitrogen and oxygen atoms in total. The Labute approximate surface area is 260 Å². The third-order valence-corrected chi connectivity index (χ3v) is 8.22. The van der Waals surface area contributed by atoms with Crippen molar-refractivity contribution in [3.63, 3.8) is 0 Å². The summed E-state index contributed by atoms with van der Waals surface area (Å²) in [4.78, 5) is 21.1. The van der Waals surface area contributed by atoms with Crippen LogP contribution in [0.15, 0.2) is 60.9 Å². The summed E-state index contributed by atoms with van der Waals surface area (Å²) in [5.74, 6) is 1.82. The highest BCUT2D eigenvalue weighted by molar-refractivity contribution is 5.69. The highest BCUT2D eigenvalue weighted by atomic mass is 16.6. The van der Waals surface area contributed by atoms with Gasteiger partial charge in [0.25, 0.3) is 0 Å². The van der Waals surface area contributed by atoms with Crippen molar-refractivity contribution in [2.24, 2.45) is 5.92 Å². The minimum atomic E-state index is -0.325. The summed E-state index contributed by atoms with van der Waals surface area (Å²) < 4.78 is 11.3. The van der Waals surface area contributed by atoms with Crippen LogP contribution in [0.1, 0.15) is 117 Å². The molecule has 2 atom stereocenters. The van der Waals surface area contributed by atoms with Gasteiger partial charge in [0.2, 0.25) is 0 Å². The molecule has 0 unspecified atom stereocenters. The number of ether oxygens (including phenoxy) is 2. The SMILES string of the molecule is CCCCCCCCCc1ccc(-c2ccc(-c3ncc(OC[C@H](C)OC(=O)CCCCC[C@@H](C)CC)cn3)cc2)cc1. The molecule has 0 aliphatic heterocycles. The zero-order chi connectivity index (χ0) is 30.7. The average Bonchev–Trinajstić information content (AvgIpc) is 3.03. The normalized spacial score (nSPS) is 12.6. The lowest BCUT2D eigenvalue weighted by Crippen LogP contribution is -2.22. The van der Waals surface area contributed by atoms with Gasteiger partial charge in [-0.2, -0.15) is 0 Å². The van der Waals surface area contributed by atoms with E-state index in [9.17, 15) is 4.79 Å². The Balaban J connectivity index is 1.37. The van der Waals surface area contributed by atoms with Gasteiger partial charge in [0.05, 0.1) is 12.4 Å². The molecule has 234 valence electrons. The quantitative estimate of drug-likeness (QED) is 0.0918. The van der Waals surface area contributed by atoms with Gasteiger partial charge in [-0.3, -0.25) is 4.79 Å². The van der Waals surface area contributed by atoms with E-state index in [2.05, 4.69) is 79.3 Å². The number of nitrogens with zero attached hydrogens (tertiary/aromatic N) is 2. The van der Waals surface area contributed by atoms with Crippen molar-refractivity contribution in [1.29, 1.82) is 0 Å². The highest BCUT2D eigenvalue weighted by Crippen LogP contribution is 2.24. The number of esters is 1. The van der Waals surface area contributed by atoms with Gasteiger partial charge in [0.15, 0.2) is 11.6 Å². The lowest BCUT2D eigenvalue weighted by molar-refractivity contribution is -0.149. The highest BCUT2D eigenvalue weighted by Gasteiger charge is 2.11. The Kier molecular flexibility index (Phi) is 15.8. The molecule has 1 heterocycles. The molecule has 0 fully saturated rings. The molecule has 3 rings (SSSR count). The number of carbonyl (C=O) groups excluding carboxylic acids is 1. The first kappa shape index (κ1) is 34.3. The number of aryl methyl sites for hydroxylation is 1. The van der Waals surface area contributed by atoms with Gasteiger partial charge in [0, 0.05) is 12.0 Å². The summed E-state index contributed by atoms with van der Waals surface area (Å²) in [6, 6.07) is 17.3. The molecule has 0 aliphatic carbocycles. The largest absolute Gasteiger partial charge is 0.486 e. The number of hydrogen-bond acceptors (Lipinski definition) is 5. The van der Waals surface area contributed by atoms with E-state index >= 15 is 0 Å². The van der Waals surface area contributed by atoms with E-state index in [1.165, 1.54) is 80.9 Å². The van der Waals surface area contributed by atoms with Crippen LogP contribution < -0.4 is 4.74 Å². The molecule has 0 bridgehead atoms. The second-order valence-corrected chi connectivity index (χ2v) is 12.1. The second-order valence-electron chi connectivity index (χ2n) is 12.1. The molecule has 0 N–H and O–H groups in total. The smallest absolute Gasteiger partial charge is 0.306 e. The van der Waals surface area contributed by atoms with Crippen molar-refractivity contribution in [3.8, 4) is 28.3 Å². The summed E-state index contributed by atoms with van der Waals surface area (Å²) in [6.07, 6.45) is 19.6. The molecule has 0 aliphatic rings. The second kappa shape index (κ2) is 19.9. The van der Waals surface area contributed by atoms with E-state index in [-0.39, 0.29) is 18.7 Å². The molecule has 0 saturated carbocycles. The molecular formula is C38H54N2O3. The lowest BCUT2D eigenvalue weighted by Gasteiger charge is -2.14. The molecule has 1 aromatic heterocycles. The van der Waals surface area contributed by atoms with Crippen molar-refractivity contribution in [2.45, 2.75) is 124 Å². The van der Waals surface area contributed by atoms with E-state index in [4.69, 9.17) is 9.47 Å². The number of hydrogen-bond donors (Lipinski definition) is 0. The zero-order valence-electron chi connectivity index (χ0n) is 27.2. The van der Waals surface area contributed by atoms with Crippen molar-refractivity contribution in [2.75, 3.05) is 6.61 Å². The van der Waals surface area contributed by atoms with E-state index in [1.54, 1.807) is 12.4 Å². The van der Waals surface area contributed by atoms with E-state index in [0.717, 1.165) is 30.7 Å². The maximum absolute atomic E-state index is 12.1. The first-order valence-corrected chi connectivity index (χ1v) is 16.8. The van der Waals surface area contributed by atoms with E-state index < -0.39 is 0 Å². The molecule has 0 radical (unpaired) electrons. The summed E-state index contributed by atoms with van der Waals surface area (Å²) in [5, 5.41) is 0. The van der Waals surface area contributed by atoms with Gasteiger partial charge < -0.3 is 9.47 Å². The summed E-state index contributed by atoms with van der Waals surface area (Å²) in [7, 11) is 0. The molecule has 2 aromatic carbocycles. The molecule has 0 amide bonds. The Morgan fingerprint density at radius 3 is 1.95 bits per heavy atom. The fraction of sp³-hybridized carbons (Fsp3) is 0.553. The Bertz CT molecular complexity index is 1160. The first-order valence-electron chi connectivity index (χ1n) is 16.8. The Hall–Kier alpha value is -3.21. The standard InChI is InChI=1S/C38H54N2O3/c1-5-7-8-9-10-11-14-17-32-19-21-33(22-20-32)34-23-25-35(26-24-34)38-39-27-36(28-40-38)42-29-31(4)43-37(41)18-15-12-13-16-30(3)6-2/h19-28,30-31H,5-18,29H2,1-4H3/t30-,31-/m0/s1. The monoisotopic (exact) mass is 586 g/mol. The van der Waals surface area contributed by atoms with Crippen LogP contribution in [-0.2, 0) is 16.0 Å². The molecule has 43 heavy (non-hydrogen) atoms. The minimum absolute atomic E-state index is 0.158. The average molecular weight is 587 g/mol. The number of rotatable bonds is 21.